The third-order valence-electron chi connectivity index (χ3n) is 6.18. The first-order valence-electron chi connectivity index (χ1n) is 10.5. The molecule has 1 aromatic carbocycles. The Hall–Kier alpha value is -2.87. The number of nitrogens with zero attached hydrogens (tertiary/aromatic N) is 2. The van der Waals surface area contributed by atoms with Crippen LogP contribution in [0.2, 0.25) is 0 Å². The molecular weight excluding hydrogens is 384 g/mol. The summed E-state index contributed by atoms with van der Waals surface area (Å²) in [5.74, 6) is 0.0757. The van der Waals surface area contributed by atoms with Gasteiger partial charge < -0.3 is 20.7 Å². The van der Waals surface area contributed by atoms with Crippen LogP contribution in [0.3, 0.4) is 0 Å². The van der Waals surface area contributed by atoms with Crippen LogP contribution in [0.15, 0.2) is 22.7 Å². The van der Waals surface area contributed by atoms with E-state index in [0.717, 1.165) is 48.2 Å². The molecule has 1 aliphatic carbocycles. The Morgan fingerprint density at radius 2 is 1.97 bits per heavy atom. The van der Waals surface area contributed by atoms with Crippen molar-refractivity contribution in [1.82, 2.24) is 5.16 Å². The number of carbonyl (C=O) groups is 2. The van der Waals surface area contributed by atoms with Crippen LogP contribution < -0.4 is 16.0 Å². The standard InChI is InChI=1S/C22H28N4O4/c1-12-21(13(2)30-25-12)14-3-8-17(24-15-4-6-16(27)7-5-15)19(11-14)26-18(22(23)29)9-10-20(26)28/h3,8,11,15-16,18,24,27H,4-7,9-10H2,1-2H3,(H2,23,29). The quantitative estimate of drug-likeness (QED) is 0.694. The zero-order valence-corrected chi connectivity index (χ0v) is 17.4. The van der Waals surface area contributed by atoms with Gasteiger partial charge in [0.1, 0.15) is 11.8 Å². The lowest BCUT2D eigenvalue weighted by Gasteiger charge is -2.31. The molecule has 4 rings (SSSR count). The highest BCUT2D eigenvalue weighted by molar-refractivity contribution is 6.06. The van der Waals surface area contributed by atoms with Gasteiger partial charge in [-0.2, -0.15) is 0 Å². The van der Waals surface area contributed by atoms with Crippen molar-refractivity contribution in [2.75, 3.05) is 10.2 Å². The second-order valence-corrected chi connectivity index (χ2v) is 8.30. The molecule has 1 aromatic heterocycles. The number of nitrogens with one attached hydrogen (secondary N) is 1. The molecule has 1 saturated heterocycles. The Morgan fingerprint density at radius 3 is 2.60 bits per heavy atom. The van der Waals surface area contributed by atoms with Crippen LogP contribution in [-0.4, -0.2) is 40.3 Å². The first-order valence-corrected chi connectivity index (χ1v) is 10.5. The Bertz CT molecular complexity index is 943. The van der Waals surface area contributed by atoms with Gasteiger partial charge in [0, 0.05) is 18.0 Å². The van der Waals surface area contributed by atoms with Gasteiger partial charge in [-0.15, -0.1) is 0 Å². The van der Waals surface area contributed by atoms with Crippen LogP contribution in [0, 0.1) is 13.8 Å². The van der Waals surface area contributed by atoms with Gasteiger partial charge in [-0.25, -0.2) is 0 Å². The normalized spacial score (nSPS) is 24.3. The summed E-state index contributed by atoms with van der Waals surface area (Å²) in [6, 6.07) is 5.35. The van der Waals surface area contributed by atoms with E-state index in [1.54, 1.807) is 0 Å². The Kier molecular flexibility index (Phi) is 5.51. The average Bonchev–Trinajstić information content (AvgIpc) is 3.26. The van der Waals surface area contributed by atoms with Crippen molar-refractivity contribution >= 4 is 23.2 Å². The average molecular weight is 412 g/mol. The minimum absolute atomic E-state index is 0.114. The second kappa shape index (κ2) is 8.10. The highest BCUT2D eigenvalue weighted by atomic mass is 16.5. The maximum atomic E-state index is 12.7. The van der Waals surface area contributed by atoms with Crippen LogP contribution >= 0.6 is 0 Å². The van der Waals surface area contributed by atoms with Crippen molar-refractivity contribution < 1.29 is 19.2 Å². The number of aliphatic hydroxyl groups excluding tert-OH is 1. The minimum atomic E-state index is -0.661. The van der Waals surface area contributed by atoms with Crippen LogP contribution in [0.25, 0.3) is 11.1 Å². The van der Waals surface area contributed by atoms with Gasteiger partial charge in [-0.1, -0.05) is 11.2 Å². The fourth-order valence-corrected chi connectivity index (χ4v) is 4.60. The molecule has 8 nitrogen and oxygen atoms in total. The predicted molar refractivity (Wildman–Crippen MR) is 113 cm³/mol. The number of carbonyl (C=O) groups excluding carboxylic acids is 2. The smallest absolute Gasteiger partial charge is 0.240 e. The van der Waals surface area contributed by atoms with Crippen molar-refractivity contribution in [3.05, 3.63) is 29.7 Å². The van der Waals surface area contributed by atoms with E-state index in [1.807, 2.05) is 32.0 Å². The third kappa shape index (κ3) is 3.79. The number of hydrogen-bond acceptors (Lipinski definition) is 6. The molecule has 2 fully saturated rings. The first kappa shape index (κ1) is 20.4. The second-order valence-electron chi connectivity index (χ2n) is 8.30. The fraction of sp³-hybridized carbons (Fsp3) is 0.500. The lowest BCUT2D eigenvalue weighted by molar-refractivity contribution is -0.121. The largest absolute Gasteiger partial charge is 0.393 e. The zero-order valence-electron chi connectivity index (χ0n) is 17.4. The van der Waals surface area contributed by atoms with Crippen LogP contribution in [0.5, 0.6) is 0 Å². The van der Waals surface area contributed by atoms with Crippen molar-refractivity contribution in [3.63, 3.8) is 0 Å². The van der Waals surface area contributed by atoms with Crippen LogP contribution in [0.1, 0.15) is 50.0 Å². The van der Waals surface area contributed by atoms with Gasteiger partial charge in [0.15, 0.2) is 0 Å². The van der Waals surface area contributed by atoms with E-state index in [2.05, 4.69) is 10.5 Å². The lowest BCUT2D eigenvalue weighted by atomic mass is 9.92. The number of aliphatic hydroxyl groups is 1. The number of primary amides is 1. The number of benzene rings is 1. The van der Waals surface area contributed by atoms with Gasteiger partial charge in [-0.05, 0) is 63.6 Å². The van der Waals surface area contributed by atoms with Gasteiger partial charge in [0.25, 0.3) is 0 Å². The molecule has 2 aromatic rings. The van der Waals surface area contributed by atoms with Crippen LogP contribution in [-0.2, 0) is 9.59 Å². The number of aromatic nitrogens is 1. The molecule has 1 aliphatic heterocycles. The molecule has 0 bridgehead atoms. The topological polar surface area (TPSA) is 122 Å². The molecule has 160 valence electrons. The Labute approximate surface area is 175 Å². The summed E-state index contributed by atoms with van der Waals surface area (Å²) in [7, 11) is 0. The molecule has 2 amide bonds. The van der Waals surface area contributed by atoms with E-state index >= 15 is 0 Å². The number of aryl methyl sites for hydroxylation is 2. The maximum Gasteiger partial charge on any atom is 0.240 e. The molecule has 30 heavy (non-hydrogen) atoms. The summed E-state index contributed by atoms with van der Waals surface area (Å²) in [4.78, 5) is 26.3. The summed E-state index contributed by atoms with van der Waals surface area (Å²) < 4.78 is 5.31. The SMILES string of the molecule is Cc1noc(C)c1-c1ccc(NC2CCC(O)CC2)c(N2C(=O)CCC2C(N)=O)c1. The number of hydrogen-bond donors (Lipinski definition) is 3. The molecule has 1 saturated carbocycles. The maximum absolute atomic E-state index is 12.7. The summed E-state index contributed by atoms with van der Waals surface area (Å²) >= 11 is 0. The number of amides is 2. The molecule has 2 aliphatic rings. The summed E-state index contributed by atoms with van der Waals surface area (Å²) in [5.41, 5.74) is 9.55. The molecule has 0 spiro atoms. The Balaban J connectivity index is 1.76. The molecule has 0 radical (unpaired) electrons. The van der Waals surface area contributed by atoms with E-state index in [-0.39, 0.29) is 24.5 Å². The van der Waals surface area contributed by atoms with Crippen molar-refractivity contribution in [3.8, 4) is 11.1 Å². The monoisotopic (exact) mass is 412 g/mol. The number of rotatable bonds is 5. The predicted octanol–water partition coefficient (Wildman–Crippen LogP) is 2.65. The highest BCUT2D eigenvalue weighted by Gasteiger charge is 2.37. The zero-order chi connectivity index (χ0) is 21.4. The van der Waals surface area contributed by atoms with Crippen molar-refractivity contribution in [2.24, 2.45) is 5.73 Å². The summed E-state index contributed by atoms with van der Waals surface area (Å²) in [5, 5.41) is 17.4. The molecule has 8 heteroatoms. The Morgan fingerprint density at radius 1 is 1.23 bits per heavy atom. The van der Waals surface area contributed by atoms with Gasteiger partial charge in [0.2, 0.25) is 11.8 Å². The highest BCUT2D eigenvalue weighted by Crippen LogP contribution is 2.39. The van der Waals surface area contributed by atoms with Gasteiger partial charge in [-0.3, -0.25) is 14.5 Å². The summed E-state index contributed by atoms with van der Waals surface area (Å²) in [6.07, 6.45) is 3.65. The van der Waals surface area contributed by atoms with E-state index in [4.69, 9.17) is 10.3 Å². The fourth-order valence-electron chi connectivity index (χ4n) is 4.60. The van der Waals surface area contributed by atoms with Crippen molar-refractivity contribution in [2.45, 2.75) is 70.6 Å². The molecular formula is C22H28N4O4. The molecule has 2 heterocycles. The number of anilines is 2. The summed E-state index contributed by atoms with van der Waals surface area (Å²) in [6.45, 7) is 3.72. The van der Waals surface area contributed by atoms with E-state index < -0.39 is 11.9 Å². The van der Waals surface area contributed by atoms with Crippen molar-refractivity contribution in [1.29, 1.82) is 0 Å². The molecule has 1 atom stereocenters. The molecule has 4 N–H and O–H groups in total. The van der Waals surface area contributed by atoms with E-state index in [0.29, 0.717) is 17.9 Å². The number of nitrogens with two attached hydrogens (primary N) is 1. The van der Waals surface area contributed by atoms with Gasteiger partial charge in [0.05, 0.1) is 23.2 Å². The van der Waals surface area contributed by atoms with E-state index in [9.17, 15) is 14.7 Å². The van der Waals surface area contributed by atoms with E-state index in [1.165, 1.54) is 4.90 Å². The lowest BCUT2D eigenvalue weighted by Crippen LogP contribution is -2.43. The van der Waals surface area contributed by atoms with Crippen LogP contribution in [0.4, 0.5) is 11.4 Å². The first-order chi connectivity index (χ1) is 14.3. The third-order valence-corrected chi connectivity index (χ3v) is 6.18. The molecule has 1 unspecified atom stereocenters. The van der Waals surface area contributed by atoms with Gasteiger partial charge >= 0.3 is 0 Å². The minimum Gasteiger partial charge on any atom is -0.393 e.